The molecule has 166 valence electrons. The molecule has 9 heteroatoms. The molecule has 1 amide bonds. The van der Waals surface area contributed by atoms with Crippen molar-refractivity contribution in [3.05, 3.63) is 76.7 Å². The molecule has 0 radical (unpaired) electrons. The molecule has 1 aliphatic rings. The van der Waals surface area contributed by atoms with Crippen LogP contribution < -0.4 is 10.2 Å². The van der Waals surface area contributed by atoms with E-state index >= 15 is 0 Å². The number of carbonyl (C=O) groups is 1. The zero-order valence-corrected chi connectivity index (χ0v) is 18.0. The van der Waals surface area contributed by atoms with Crippen LogP contribution in [0.2, 0.25) is 0 Å². The van der Waals surface area contributed by atoms with Crippen LogP contribution in [0.4, 0.5) is 14.5 Å². The minimum atomic E-state index is -3.33. The molecule has 0 saturated carbocycles. The molecule has 6 nitrogen and oxygen atoms in total. The molecule has 3 rings (SSSR count). The summed E-state index contributed by atoms with van der Waals surface area (Å²) in [5.41, 5.74) is 0.797. The number of sulfone groups is 1. The molecule has 0 aromatic heterocycles. The molecule has 1 aliphatic heterocycles. The van der Waals surface area contributed by atoms with Crippen molar-refractivity contribution in [3.63, 3.8) is 0 Å². The summed E-state index contributed by atoms with van der Waals surface area (Å²) < 4.78 is 57.0. The number of benzene rings is 2. The summed E-state index contributed by atoms with van der Waals surface area (Å²) in [6.45, 7) is 2.70. The van der Waals surface area contributed by atoms with Crippen LogP contribution in [0.3, 0.4) is 0 Å². The van der Waals surface area contributed by atoms with Crippen LogP contribution in [-0.4, -0.2) is 46.4 Å². The summed E-state index contributed by atoms with van der Waals surface area (Å²) in [5, 5.41) is 3.52. The lowest BCUT2D eigenvalue weighted by Crippen LogP contribution is -2.40. The minimum absolute atomic E-state index is 0.168. The van der Waals surface area contributed by atoms with Crippen molar-refractivity contribution in [3.8, 4) is 0 Å². The van der Waals surface area contributed by atoms with Crippen LogP contribution in [0.15, 0.2) is 53.9 Å². The van der Waals surface area contributed by atoms with E-state index in [1.165, 1.54) is 24.3 Å². The molecule has 1 unspecified atom stereocenters. The van der Waals surface area contributed by atoms with E-state index in [1.807, 2.05) is 4.90 Å². The Morgan fingerprint density at radius 3 is 2.65 bits per heavy atom. The molecule has 31 heavy (non-hydrogen) atoms. The summed E-state index contributed by atoms with van der Waals surface area (Å²) in [6.07, 6.45) is 2.35. The van der Waals surface area contributed by atoms with Gasteiger partial charge in [-0.25, -0.2) is 17.2 Å². The highest BCUT2D eigenvalue weighted by molar-refractivity contribution is 7.93. The van der Waals surface area contributed by atoms with Crippen LogP contribution in [0.5, 0.6) is 0 Å². The predicted molar refractivity (Wildman–Crippen MR) is 115 cm³/mol. The molecule has 1 fully saturated rings. The lowest BCUT2D eigenvalue weighted by atomic mass is 10.0. The van der Waals surface area contributed by atoms with Crippen LogP contribution in [-0.2, 0) is 14.6 Å². The third-order valence-corrected chi connectivity index (χ3v) is 5.55. The lowest BCUT2D eigenvalue weighted by molar-refractivity contribution is 0.0927. The summed E-state index contributed by atoms with van der Waals surface area (Å²) in [6, 6.07) is 9.56. The van der Waals surface area contributed by atoms with Gasteiger partial charge in [0.05, 0.1) is 24.8 Å². The van der Waals surface area contributed by atoms with E-state index in [9.17, 15) is 22.0 Å². The van der Waals surface area contributed by atoms with Crippen molar-refractivity contribution in [1.82, 2.24) is 5.32 Å². The topological polar surface area (TPSA) is 75.7 Å². The molecule has 2 aromatic rings. The molecule has 0 aliphatic carbocycles. The Balaban J connectivity index is 1.80. The van der Waals surface area contributed by atoms with Crippen molar-refractivity contribution in [2.75, 3.05) is 30.9 Å². The van der Waals surface area contributed by atoms with E-state index in [4.69, 9.17) is 4.74 Å². The molecule has 2 atom stereocenters. The average molecular weight is 451 g/mol. The van der Waals surface area contributed by atoms with Crippen molar-refractivity contribution >= 4 is 21.4 Å². The van der Waals surface area contributed by atoms with E-state index < -0.39 is 33.6 Å². The number of halogens is 2. The van der Waals surface area contributed by atoms with E-state index in [0.29, 0.717) is 24.4 Å². The second-order valence-electron chi connectivity index (χ2n) is 7.39. The maximum Gasteiger partial charge on any atom is 0.254 e. The largest absolute Gasteiger partial charge is 0.377 e. The molecule has 0 bridgehead atoms. The number of carbonyl (C=O) groups excluding carboxylic acids is 1. The van der Waals surface area contributed by atoms with Gasteiger partial charge >= 0.3 is 0 Å². The van der Waals surface area contributed by atoms with Gasteiger partial charge in [-0.2, -0.15) is 0 Å². The maximum absolute atomic E-state index is 14.8. The van der Waals surface area contributed by atoms with Gasteiger partial charge in [-0.05, 0) is 31.2 Å². The smallest absolute Gasteiger partial charge is 0.254 e. The minimum Gasteiger partial charge on any atom is -0.377 e. The highest BCUT2D eigenvalue weighted by Crippen LogP contribution is 2.32. The Bertz CT molecular complexity index is 1090. The van der Waals surface area contributed by atoms with Crippen molar-refractivity contribution < 1.29 is 26.7 Å². The number of hydrogen-bond acceptors (Lipinski definition) is 5. The fourth-order valence-corrected chi connectivity index (χ4v) is 3.90. The Kier molecular flexibility index (Phi) is 7.07. The zero-order chi connectivity index (χ0) is 22.6. The number of nitrogens with zero attached hydrogens (tertiary/aromatic N) is 1. The fourth-order valence-electron chi connectivity index (χ4n) is 3.38. The number of amides is 1. The molecular formula is C22H24F2N2O4S. The van der Waals surface area contributed by atoms with Crippen molar-refractivity contribution in [2.24, 2.45) is 0 Å². The predicted octanol–water partition coefficient (Wildman–Crippen LogP) is 3.22. The van der Waals surface area contributed by atoms with Crippen molar-refractivity contribution in [1.29, 1.82) is 0 Å². The van der Waals surface area contributed by atoms with Gasteiger partial charge in [0.15, 0.2) is 9.84 Å². The van der Waals surface area contributed by atoms with Gasteiger partial charge in [-0.15, -0.1) is 0 Å². The van der Waals surface area contributed by atoms with Gasteiger partial charge in [-0.1, -0.05) is 24.3 Å². The summed E-state index contributed by atoms with van der Waals surface area (Å²) >= 11 is 0. The first-order valence-corrected chi connectivity index (χ1v) is 11.7. The fraction of sp³-hybridized carbons (Fsp3) is 0.318. The summed E-state index contributed by atoms with van der Waals surface area (Å²) in [5.74, 6) is -1.76. The van der Waals surface area contributed by atoms with E-state index in [2.05, 4.69) is 5.32 Å². The lowest BCUT2D eigenvalue weighted by Gasteiger charge is -2.38. The number of rotatable bonds is 6. The number of hydrogen-bond donors (Lipinski definition) is 1. The van der Waals surface area contributed by atoms with Gasteiger partial charge in [-0.3, -0.25) is 4.79 Å². The Morgan fingerprint density at radius 2 is 1.97 bits per heavy atom. The van der Waals surface area contributed by atoms with Crippen LogP contribution in [0.1, 0.15) is 28.9 Å². The maximum atomic E-state index is 14.8. The monoisotopic (exact) mass is 450 g/mol. The van der Waals surface area contributed by atoms with Crippen LogP contribution in [0.25, 0.3) is 0 Å². The average Bonchev–Trinajstić information content (AvgIpc) is 2.72. The number of nitrogens with one attached hydrogen (secondary N) is 1. The van der Waals surface area contributed by atoms with Gasteiger partial charge in [0.1, 0.15) is 11.6 Å². The molecule has 2 aromatic carbocycles. The number of ether oxygens (including phenoxy) is 1. The molecule has 1 heterocycles. The third-order valence-electron chi connectivity index (χ3n) is 4.89. The second kappa shape index (κ2) is 9.57. The summed E-state index contributed by atoms with van der Waals surface area (Å²) in [4.78, 5) is 14.3. The Hall–Kier alpha value is -2.78. The van der Waals surface area contributed by atoms with Gasteiger partial charge in [0, 0.05) is 35.5 Å². The third kappa shape index (κ3) is 5.89. The normalized spacial score (nSPS) is 18.2. The van der Waals surface area contributed by atoms with E-state index in [1.54, 1.807) is 31.2 Å². The first-order valence-electron chi connectivity index (χ1n) is 9.73. The van der Waals surface area contributed by atoms with Crippen LogP contribution >= 0.6 is 0 Å². The molecular weight excluding hydrogens is 426 g/mol. The molecule has 0 spiro atoms. The highest BCUT2D eigenvalue weighted by atomic mass is 32.2. The molecule has 1 N–H and O–H groups in total. The number of morpholine rings is 1. The second-order valence-corrected chi connectivity index (χ2v) is 9.32. The first kappa shape index (κ1) is 22.9. The summed E-state index contributed by atoms with van der Waals surface area (Å²) in [7, 11) is -3.33. The zero-order valence-electron chi connectivity index (χ0n) is 17.2. The Labute approximate surface area is 180 Å². The van der Waals surface area contributed by atoms with Gasteiger partial charge in [0.25, 0.3) is 5.91 Å². The first-order chi connectivity index (χ1) is 14.7. The SMILES string of the molecule is C[C@H](/C=C/S(C)(=O)=O)NC(=O)c1ccc(N2CCOCC2c2ccccc2F)cc1F. The Morgan fingerprint density at radius 1 is 1.23 bits per heavy atom. The van der Waals surface area contributed by atoms with Crippen LogP contribution in [0, 0.1) is 11.6 Å². The van der Waals surface area contributed by atoms with Gasteiger partial charge in [0.2, 0.25) is 0 Å². The number of anilines is 1. The highest BCUT2D eigenvalue weighted by Gasteiger charge is 2.28. The molecule has 1 saturated heterocycles. The quantitative estimate of drug-likeness (QED) is 0.732. The van der Waals surface area contributed by atoms with Crippen molar-refractivity contribution in [2.45, 2.75) is 19.0 Å². The van der Waals surface area contributed by atoms with E-state index in [0.717, 1.165) is 11.7 Å². The standard InChI is InChI=1S/C22H24F2N2O4S/c1-15(9-12-31(2,28)29)25-22(27)18-8-7-16(13-20(18)24)26-10-11-30-14-21(26)17-5-3-4-6-19(17)23/h3-9,12-13,15,21H,10-11,14H2,1-2H3,(H,25,27)/b12-9+/t15-,21?/m1/s1. The van der Waals surface area contributed by atoms with E-state index in [-0.39, 0.29) is 18.0 Å². The van der Waals surface area contributed by atoms with Gasteiger partial charge < -0.3 is 15.0 Å².